The maximum absolute atomic E-state index is 11.1. The maximum Gasteiger partial charge on any atom is 0.315 e. The van der Waals surface area contributed by atoms with Gasteiger partial charge in [-0.15, -0.1) is 6.58 Å². The van der Waals surface area contributed by atoms with Crippen molar-refractivity contribution in [2.75, 3.05) is 12.3 Å². The predicted molar refractivity (Wildman–Crippen MR) is 53.4 cm³/mol. The lowest BCUT2D eigenvalue weighted by Gasteiger charge is -2.09. The van der Waals surface area contributed by atoms with Crippen molar-refractivity contribution in [3.8, 4) is 0 Å². The van der Waals surface area contributed by atoms with E-state index in [4.69, 9.17) is 0 Å². The molecule has 0 fully saturated rings. The van der Waals surface area contributed by atoms with E-state index < -0.39 is 21.9 Å². The summed E-state index contributed by atoms with van der Waals surface area (Å²) in [6, 6.07) is -0.818. The minimum absolute atomic E-state index is 0.0610. The summed E-state index contributed by atoms with van der Waals surface area (Å²) in [7, 11) is -3.10. The molecule has 0 saturated carbocycles. The second-order valence-corrected chi connectivity index (χ2v) is 4.84. The Bertz CT molecular complexity index is 359. The zero-order valence-electron chi connectivity index (χ0n) is 7.56. The Morgan fingerprint density at radius 2 is 2.36 bits per heavy atom. The number of carbonyl (C=O) groups excluding carboxylic acids is 1. The Morgan fingerprint density at radius 1 is 1.64 bits per heavy atom. The molecule has 2 amide bonds. The molecule has 6 heteroatoms. The van der Waals surface area contributed by atoms with Crippen LogP contribution in [0.4, 0.5) is 4.79 Å². The Labute approximate surface area is 82.8 Å². The van der Waals surface area contributed by atoms with E-state index in [1.54, 1.807) is 6.08 Å². The fourth-order valence-electron chi connectivity index (χ4n) is 1.05. The Balaban J connectivity index is 2.37. The van der Waals surface area contributed by atoms with E-state index in [1.807, 2.05) is 0 Å². The minimum atomic E-state index is -3.10. The molecule has 0 aromatic rings. The minimum Gasteiger partial charge on any atom is -0.335 e. The molecule has 1 unspecified atom stereocenters. The van der Waals surface area contributed by atoms with Crippen LogP contribution in [0, 0.1) is 0 Å². The van der Waals surface area contributed by atoms with Gasteiger partial charge in [0.1, 0.15) is 0 Å². The largest absolute Gasteiger partial charge is 0.335 e. The van der Waals surface area contributed by atoms with E-state index in [-0.39, 0.29) is 5.75 Å². The van der Waals surface area contributed by atoms with Crippen molar-refractivity contribution in [1.82, 2.24) is 10.6 Å². The molecule has 1 rings (SSSR count). The van der Waals surface area contributed by atoms with Crippen molar-refractivity contribution < 1.29 is 13.2 Å². The number of sulfone groups is 1. The Morgan fingerprint density at radius 3 is 2.86 bits per heavy atom. The molecule has 78 valence electrons. The van der Waals surface area contributed by atoms with Crippen molar-refractivity contribution >= 4 is 15.9 Å². The third-order valence-electron chi connectivity index (χ3n) is 1.65. The molecule has 5 nitrogen and oxygen atoms in total. The number of hydrogen-bond donors (Lipinski definition) is 2. The van der Waals surface area contributed by atoms with Crippen LogP contribution in [-0.2, 0) is 9.84 Å². The fraction of sp³-hybridized carbons (Fsp3) is 0.375. The summed E-state index contributed by atoms with van der Waals surface area (Å²) < 4.78 is 21.9. The first kappa shape index (κ1) is 10.8. The van der Waals surface area contributed by atoms with E-state index >= 15 is 0 Å². The van der Waals surface area contributed by atoms with E-state index in [0.29, 0.717) is 6.54 Å². The van der Waals surface area contributed by atoms with Crippen LogP contribution in [0.15, 0.2) is 24.1 Å². The highest BCUT2D eigenvalue weighted by Gasteiger charge is 2.22. The lowest BCUT2D eigenvalue weighted by Crippen LogP contribution is -2.42. The summed E-state index contributed by atoms with van der Waals surface area (Å²) in [5, 5.41) is 6.11. The van der Waals surface area contributed by atoms with Gasteiger partial charge in [-0.3, -0.25) is 0 Å². The monoisotopic (exact) mass is 216 g/mol. The van der Waals surface area contributed by atoms with Crippen LogP contribution < -0.4 is 10.6 Å². The smallest absolute Gasteiger partial charge is 0.315 e. The van der Waals surface area contributed by atoms with E-state index in [2.05, 4.69) is 17.2 Å². The van der Waals surface area contributed by atoms with Gasteiger partial charge < -0.3 is 10.6 Å². The van der Waals surface area contributed by atoms with E-state index in [1.165, 1.54) is 6.08 Å². The van der Waals surface area contributed by atoms with Crippen molar-refractivity contribution in [2.24, 2.45) is 0 Å². The van der Waals surface area contributed by atoms with Crippen LogP contribution in [0.1, 0.15) is 0 Å². The van der Waals surface area contributed by atoms with Crippen LogP contribution >= 0.6 is 0 Å². The summed E-state index contributed by atoms with van der Waals surface area (Å²) >= 11 is 0. The molecule has 1 atom stereocenters. The molecule has 0 spiro atoms. The van der Waals surface area contributed by atoms with Gasteiger partial charge in [0.05, 0.1) is 11.8 Å². The van der Waals surface area contributed by atoms with Crippen LogP contribution in [0.5, 0.6) is 0 Å². The first-order valence-corrected chi connectivity index (χ1v) is 5.81. The molecular weight excluding hydrogens is 204 g/mol. The summed E-state index contributed by atoms with van der Waals surface area (Å²) in [6.45, 7) is 3.79. The van der Waals surface area contributed by atoms with Crippen LogP contribution in [0.2, 0.25) is 0 Å². The molecule has 2 N–H and O–H groups in total. The summed E-state index contributed by atoms with van der Waals surface area (Å²) in [4.78, 5) is 11.1. The van der Waals surface area contributed by atoms with Gasteiger partial charge in [0.2, 0.25) is 0 Å². The molecule has 0 aromatic carbocycles. The molecule has 0 aromatic heterocycles. The fourth-order valence-corrected chi connectivity index (χ4v) is 2.29. The summed E-state index contributed by atoms with van der Waals surface area (Å²) in [5.74, 6) is -0.0610. The van der Waals surface area contributed by atoms with Crippen LogP contribution in [0.3, 0.4) is 0 Å². The molecule has 1 aliphatic heterocycles. The van der Waals surface area contributed by atoms with Crippen molar-refractivity contribution in [3.05, 3.63) is 24.1 Å². The van der Waals surface area contributed by atoms with Gasteiger partial charge in [-0.2, -0.15) is 0 Å². The first-order chi connectivity index (χ1) is 6.53. The molecular formula is C8H12N2O3S. The molecule has 1 heterocycles. The van der Waals surface area contributed by atoms with Gasteiger partial charge in [-0.25, -0.2) is 13.2 Å². The number of urea groups is 1. The van der Waals surface area contributed by atoms with Crippen LogP contribution in [-0.4, -0.2) is 32.8 Å². The number of carbonyl (C=O) groups is 1. The van der Waals surface area contributed by atoms with Gasteiger partial charge in [0.25, 0.3) is 0 Å². The van der Waals surface area contributed by atoms with E-state index in [9.17, 15) is 13.2 Å². The number of nitrogens with one attached hydrogen (secondary N) is 2. The van der Waals surface area contributed by atoms with Crippen molar-refractivity contribution in [3.63, 3.8) is 0 Å². The van der Waals surface area contributed by atoms with E-state index in [0.717, 1.165) is 5.41 Å². The summed E-state index contributed by atoms with van der Waals surface area (Å²) in [6.07, 6.45) is 3.00. The number of rotatable bonds is 3. The zero-order chi connectivity index (χ0) is 10.6. The summed E-state index contributed by atoms with van der Waals surface area (Å²) in [5.41, 5.74) is 0. The average molecular weight is 216 g/mol. The topological polar surface area (TPSA) is 75.3 Å². The first-order valence-electron chi connectivity index (χ1n) is 4.10. The maximum atomic E-state index is 11.1. The third-order valence-corrected chi connectivity index (χ3v) is 3.05. The lowest BCUT2D eigenvalue weighted by atomic mass is 10.3. The van der Waals surface area contributed by atoms with Gasteiger partial charge in [0.15, 0.2) is 9.84 Å². The molecule has 14 heavy (non-hydrogen) atoms. The molecule has 0 bridgehead atoms. The number of hydrogen-bond acceptors (Lipinski definition) is 3. The SMILES string of the molecule is C=CCNC(=O)NC1C=CS(=O)(=O)C1. The third kappa shape index (κ3) is 3.21. The van der Waals surface area contributed by atoms with Crippen LogP contribution in [0.25, 0.3) is 0 Å². The molecule has 0 aliphatic carbocycles. The quantitative estimate of drug-likeness (QED) is 0.640. The molecule has 0 radical (unpaired) electrons. The second-order valence-electron chi connectivity index (χ2n) is 2.91. The van der Waals surface area contributed by atoms with Crippen molar-refractivity contribution in [2.45, 2.75) is 6.04 Å². The van der Waals surface area contributed by atoms with Gasteiger partial charge in [0, 0.05) is 12.0 Å². The normalized spacial score (nSPS) is 23.0. The lowest BCUT2D eigenvalue weighted by molar-refractivity contribution is 0.240. The zero-order valence-corrected chi connectivity index (χ0v) is 8.38. The Hall–Kier alpha value is -1.30. The predicted octanol–water partition coefficient (Wildman–Crippen LogP) is -0.218. The van der Waals surface area contributed by atoms with Crippen molar-refractivity contribution in [1.29, 1.82) is 0 Å². The number of amides is 2. The highest BCUT2D eigenvalue weighted by molar-refractivity contribution is 7.94. The average Bonchev–Trinajstić information content (AvgIpc) is 2.42. The van der Waals surface area contributed by atoms with Gasteiger partial charge in [-0.05, 0) is 6.08 Å². The highest BCUT2D eigenvalue weighted by atomic mass is 32.2. The standard InChI is InChI=1S/C8H12N2O3S/c1-2-4-9-8(11)10-7-3-5-14(12,13)6-7/h2-3,5,7H,1,4,6H2,(H2,9,10,11). The molecule has 1 aliphatic rings. The van der Waals surface area contributed by atoms with Gasteiger partial charge in [-0.1, -0.05) is 6.08 Å². The highest BCUT2D eigenvalue weighted by Crippen LogP contribution is 2.07. The Kier molecular flexibility index (Phi) is 3.29. The molecule has 0 saturated heterocycles. The second kappa shape index (κ2) is 4.28. The van der Waals surface area contributed by atoms with Gasteiger partial charge >= 0.3 is 6.03 Å².